The molecule has 2 aliphatic carbocycles. The number of oxazole rings is 1. The molecular weight excluding hydrogens is 765 g/mol. The van der Waals surface area contributed by atoms with Gasteiger partial charge >= 0.3 is 6.09 Å². The first kappa shape index (κ1) is 39.4. The van der Waals surface area contributed by atoms with Gasteiger partial charge in [-0.25, -0.2) is 23.2 Å². The van der Waals surface area contributed by atoms with Crippen molar-refractivity contribution in [3.63, 3.8) is 0 Å². The molecule has 4 aliphatic rings. The lowest BCUT2D eigenvalue weighted by Gasteiger charge is -2.30. The molecule has 2 aliphatic heterocycles. The lowest BCUT2D eigenvalue weighted by atomic mass is 10.1. The van der Waals surface area contributed by atoms with E-state index in [1.54, 1.807) is 46.1 Å². The summed E-state index contributed by atoms with van der Waals surface area (Å²) in [5, 5.41) is 6.28. The number of pyridine rings is 1. The van der Waals surface area contributed by atoms with Crippen molar-refractivity contribution in [1.82, 2.24) is 30.2 Å². The Labute approximate surface area is 328 Å². The zero-order chi connectivity index (χ0) is 39.8. The summed E-state index contributed by atoms with van der Waals surface area (Å²) in [6.45, 7) is 5.07. The summed E-state index contributed by atoms with van der Waals surface area (Å²) in [4.78, 5) is 66.1. The second kappa shape index (κ2) is 15.6. The SMILES string of the molecule is COc1ccc2c(OC3C[C@H]4C(=O)N[C@]5(C(=O)NS(=O)(=O)C6CC6)C[C@H]5/C=C\CCCSC[C@H](NC(=O)OC(C)(C)C)C(=O)N4C3)nc(-c3ncco3)cc2c1. The number of aromatic nitrogens is 2. The van der Waals surface area contributed by atoms with Crippen molar-refractivity contribution in [2.75, 3.05) is 25.2 Å². The highest BCUT2D eigenvalue weighted by molar-refractivity contribution is 7.99. The second-order valence-corrected chi connectivity index (χ2v) is 18.6. The summed E-state index contributed by atoms with van der Waals surface area (Å²) in [5.41, 5.74) is -1.98. The van der Waals surface area contributed by atoms with Crippen molar-refractivity contribution in [2.24, 2.45) is 5.92 Å². The van der Waals surface area contributed by atoms with Crippen LogP contribution in [0.15, 0.2) is 53.3 Å². The number of nitrogens with one attached hydrogen (secondary N) is 3. The van der Waals surface area contributed by atoms with Crippen LogP contribution in [0.25, 0.3) is 22.4 Å². The maximum atomic E-state index is 14.6. The van der Waals surface area contributed by atoms with Crippen LogP contribution in [0.4, 0.5) is 4.79 Å². The number of hydrogen-bond acceptors (Lipinski definition) is 13. The number of hydrogen-bond donors (Lipinski definition) is 3. The number of allylic oxidation sites excluding steroid dienone is 1. The van der Waals surface area contributed by atoms with Gasteiger partial charge in [0.2, 0.25) is 33.6 Å². The van der Waals surface area contributed by atoms with Gasteiger partial charge in [-0.05, 0) is 88.3 Å². The zero-order valence-corrected chi connectivity index (χ0v) is 33.2. The summed E-state index contributed by atoms with van der Waals surface area (Å²) < 4.78 is 51.0. The molecule has 3 N–H and O–H groups in total. The molecule has 1 unspecified atom stereocenters. The van der Waals surface area contributed by atoms with Gasteiger partial charge in [-0.3, -0.25) is 19.1 Å². The molecule has 0 spiro atoms. The summed E-state index contributed by atoms with van der Waals surface area (Å²) in [7, 11) is -2.36. The van der Waals surface area contributed by atoms with Crippen molar-refractivity contribution < 1.29 is 46.2 Å². The minimum Gasteiger partial charge on any atom is -0.497 e. The van der Waals surface area contributed by atoms with Gasteiger partial charge in [0.05, 0.1) is 25.1 Å². The molecule has 1 aromatic carbocycles. The highest BCUT2D eigenvalue weighted by atomic mass is 32.2. The maximum Gasteiger partial charge on any atom is 0.408 e. The van der Waals surface area contributed by atoms with E-state index >= 15 is 0 Å². The van der Waals surface area contributed by atoms with Crippen LogP contribution < -0.4 is 24.8 Å². The van der Waals surface area contributed by atoms with Gasteiger partial charge in [0.25, 0.3) is 5.91 Å². The minimum atomic E-state index is -3.91. The molecule has 18 heteroatoms. The molecule has 1 saturated heterocycles. The Hall–Kier alpha value is -4.84. The Kier molecular flexibility index (Phi) is 11.0. The van der Waals surface area contributed by atoms with E-state index in [0.717, 1.165) is 6.42 Å². The van der Waals surface area contributed by atoms with E-state index in [4.69, 9.17) is 23.6 Å². The van der Waals surface area contributed by atoms with Crippen molar-refractivity contribution >= 4 is 56.4 Å². The highest BCUT2D eigenvalue weighted by Gasteiger charge is 2.62. The Bertz CT molecular complexity index is 2140. The monoisotopic (exact) mass is 810 g/mol. The summed E-state index contributed by atoms with van der Waals surface area (Å²) in [5.74, 6) is -0.545. The van der Waals surface area contributed by atoms with Crippen LogP contribution in [0.1, 0.15) is 59.3 Å². The van der Waals surface area contributed by atoms with Crippen LogP contribution in [0, 0.1) is 5.92 Å². The molecule has 4 amide bonds. The average Bonchev–Trinajstić information content (AvgIpc) is 4.00. The van der Waals surface area contributed by atoms with Gasteiger partial charge in [0.15, 0.2) is 0 Å². The van der Waals surface area contributed by atoms with Gasteiger partial charge < -0.3 is 34.2 Å². The Morgan fingerprint density at radius 2 is 1.96 bits per heavy atom. The van der Waals surface area contributed by atoms with Gasteiger partial charge in [-0.15, -0.1) is 0 Å². The van der Waals surface area contributed by atoms with Crippen LogP contribution in [-0.4, -0.2) is 107 Å². The van der Waals surface area contributed by atoms with Crippen molar-refractivity contribution in [3.05, 3.63) is 48.9 Å². The smallest absolute Gasteiger partial charge is 0.408 e. The molecule has 7 rings (SSSR count). The maximum absolute atomic E-state index is 14.6. The highest BCUT2D eigenvalue weighted by Crippen LogP contribution is 2.46. The first-order valence-corrected chi connectivity index (χ1v) is 21.3. The van der Waals surface area contributed by atoms with E-state index in [0.29, 0.717) is 47.2 Å². The average molecular weight is 811 g/mol. The van der Waals surface area contributed by atoms with Crippen LogP contribution in [0.2, 0.25) is 0 Å². The number of thioether (sulfide) groups is 1. The van der Waals surface area contributed by atoms with E-state index in [1.807, 2.05) is 18.2 Å². The molecule has 16 nitrogen and oxygen atoms in total. The third-order valence-corrected chi connectivity index (χ3v) is 13.0. The van der Waals surface area contributed by atoms with E-state index in [-0.39, 0.29) is 36.9 Å². The Balaban J connectivity index is 1.22. The van der Waals surface area contributed by atoms with Gasteiger partial charge in [0.1, 0.15) is 47.0 Å². The molecule has 0 bridgehead atoms. The molecule has 3 fully saturated rings. The summed E-state index contributed by atoms with van der Waals surface area (Å²) in [6, 6.07) is 4.91. The molecule has 0 radical (unpaired) electrons. The van der Waals surface area contributed by atoms with Gasteiger partial charge in [0, 0.05) is 23.5 Å². The molecule has 4 heterocycles. The minimum absolute atomic E-state index is 0.00892. The van der Waals surface area contributed by atoms with Crippen molar-refractivity contribution in [3.8, 4) is 23.2 Å². The van der Waals surface area contributed by atoms with Crippen LogP contribution >= 0.6 is 11.8 Å². The fourth-order valence-electron chi connectivity index (χ4n) is 6.97. The normalized spacial score (nSPS) is 26.5. The van der Waals surface area contributed by atoms with E-state index in [1.165, 1.54) is 29.1 Å². The van der Waals surface area contributed by atoms with Crippen LogP contribution in [-0.2, 0) is 29.1 Å². The predicted octanol–water partition coefficient (Wildman–Crippen LogP) is 3.71. The van der Waals surface area contributed by atoms with Crippen LogP contribution in [0.5, 0.6) is 11.6 Å². The number of amides is 4. The van der Waals surface area contributed by atoms with Gasteiger partial charge in [-0.1, -0.05) is 12.2 Å². The molecule has 56 heavy (non-hydrogen) atoms. The number of fused-ring (bicyclic) bond motifs is 3. The van der Waals surface area contributed by atoms with E-state index in [2.05, 4.69) is 20.3 Å². The Morgan fingerprint density at radius 1 is 1.16 bits per heavy atom. The summed E-state index contributed by atoms with van der Waals surface area (Å²) >= 11 is 1.48. The van der Waals surface area contributed by atoms with Gasteiger partial charge in [-0.2, -0.15) is 11.8 Å². The first-order valence-electron chi connectivity index (χ1n) is 18.6. The number of sulfonamides is 1. The number of carbonyl (C=O) groups excluding carboxylic acids is 4. The quantitative estimate of drug-likeness (QED) is 0.278. The third-order valence-electron chi connectivity index (χ3n) is 10.0. The Morgan fingerprint density at radius 3 is 2.68 bits per heavy atom. The van der Waals surface area contributed by atoms with E-state index < -0.39 is 74.3 Å². The number of benzene rings is 1. The largest absolute Gasteiger partial charge is 0.497 e. The number of methoxy groups -OCH3 is 1. The molecule has 5 atom stereocenters. The van der Waals surface area contributed by atoms with Crippen molar-refractivity contribution in [2.45, 2.75) is 93.9 Å². The summed E-state index contributed by atoms with van der Waals surface area (Å²) in [6.07, 6.45) is 7.62. The standard InChI is InChI=1S/C38H46N6O10S2/c1-37(2,3)54-36(48)41-29-21-55-15-7-5-6-8-23-19-38(23,35(47)43-56(49,50)26-10-11-26)42-31(45)30-18-25(20-44(30)34(29)46)53-32-27-12-9-24(51-4)16-22(27)17-28(40-32)33-39-13-14-52-33/h6,8-9,12-14,16-17,23,25-26,29-30H,5,7,10-11,15,18-21H2,1-4H3,(H,41,48)(H,42,45)(H,43,47)/b8-6-/t23-,25?,29+,30+,38-/m1/s1. The van der Waals surface area contributed by atoms with E-state index in [9.17, 15) is 27.6 Å². The molecule has 2 aromatic heterocycles. The fraction of sp³-hybridized carbons (Fsp3) is 0.526. The molecule has 2 saturated carbocycles. The number of alkyl carbamates (subject to hydrolysis) is 1. The zero-order valence-electron chi connectivity index (χ0n) is 31.6. The number of ether oxygens (including phenoxy) is 3. The number of nitrogens with zero attached hydrogens (tertiary/aromatic N) is 3. The lowest BCUT2D eigenvalue weighted by molar-refractivity contribution is -0.140. The van der Waals surface area contributed by atoms with Crippen molar-refractivity contribution in [1.29, 1.82) is 0 Å². The predicted molar refractivity (Wildman–Crippen MR) is 206 cm³/mol. The molecular formula is C38H46N6O10S2. The first-order chi connectivity index (χ1) is 26.7. The lowest BCUT2D eigenvalue weighted by Crippen LogP contribution is -2.58. The number of carbonyl (C=O) groups is 4. The van der Waals surface area contributed by atoms with Crippen LogP contribution in [0.3, 0.4) is 0 Å². The third kappa shape index (κ3) is 8.75. The number of rotatable bonds is 8. The fourth-order valence-corrected chi connectivity index (χ4v) is 9.33. The second-order valence-electron chi connectivity index (χ2n) is 15.5. The topological polar surface area (TPSA) is 208 Å². The molecule has 300 valence electrons. The molecule has 3 aromatic rings.